The fourth-order valence-electron chi connectivity index (χ4n) is 6.18. The van der Waals surface area contributed by atoms with E-state index in [1.165, 1.54) is 34.4 Å². The molecule has 2 N–H and O–H groups in total. The summed E-state index contributed by atoms with van der Waals surface area (Å²) in [4.78, 5) is 39.7. The number of H-pyrrole nitrogens is 1. The van der Waals surface area contributed by atoms with Gasteiger partial charge in [0.05, 0.1) is 0 Å². The molecule has 0 radical (unpaired) electrons. The first kappa shape index (κ1) is 30.3. The van der Waals surface area contributed by atoms with Gasteiger partial charge in [-0.3, -0.25) is 19.1 Å². The summed E-state index contributed by atoms with van der Waals surface area (Å²) in [7, 11) is 2.17. The van der Waals surface area contributed by atoms with Crippen molar-refractivity contribution in [2.45, 2.75) is 13.5 Å². The number of pyridine rings is 2. The number of benzene rings is 3. The number of piperazine rings is 1. The summed E-state index contributed by atoms with van der Waals surface area (Å²) in [5, 5.41) is 3.88. The molecule has 1 amide bonds. The number of hydrogen-bond acceptors (Lipinski definition) is 5. The number of aryl methyl sites for hydroxylation is 1. The van der Waals surface area contributed by atoms with Crippen molar-refractivity contribution in [3.05, 3.63) is 136 Å². The standard InChI is InChI=1S/C38H35FN6O2/c1-25-13-14-45(32-11-9-30(39)10-12-32)38(47)35(25)37(46)42-31-8-4-7-28(20-31)34-23-41-36-33(34)21-29(22-40-36)27-6-3-5-26(19-27)24-44-17-15-43(2)16-18-44/h3-14,19-23H,15-18,24H2,1-2H3,(H,40,41)(H,42,46). The normalized spacial score (nSPS) is 14.0. The van der Waals surface area contributed by atoms with Crippen LogP contribution in [-0.2, 0) is 6.54 Å². The van der Waals surface area contributed by atoms with Gasteiger partial charge in [0.25, 0.3) is 11.5 Å². The molecule has 0 atom stereocenters. The molecule has 0 aliphatic carbocycles. The highest BCUT2D eigenvalue weighted by Crippen LogP contribution is 2.32. The number of amides is 1. The summed E-state index contributed by atoms with van der Waals surface area (Å²) >= 11 is 0. The van der Waals surface area contributed by atoms with Crippen molar-refractivity contribution in [3.8, 4) is 27.9 Å². The average Bonchev–Trinajstić information content (AvgIpc) is 3.50. The van der Waals surface area contributed by atoms with Crippen LogP contribution in [0.3, 0.4) is 0 Å². The number of likely N-dealkylation sites (N-methyl/N-ethyl adjacent to an activating group) is 1. The molecule has 1 saturated heterocycles. The lowest BCUT2D eigenvalue weighted by molar-refractivity contribution is 0.102. The zero-order valence-electron chi connectivity index (χ0n) is 26.3. The summed E-state index contributed by atoms with van der Waals surface area (Å²) in [6.07, 6.45) is 5.41. The molecule has 0 spiro atoms. The van der Waals surface area contributed by atoms with Crippen molar-refractivity contribution >= 4 is 22.6 Å². The van der Waals surface area contributed by atoms with Gasteiger partial charge >= 0.3 is 0 Å². The minimum atomic E-state index is -0.513. The zero-order chi connectivity index (χ0) is 32.5. The van der Waals surface area contributed by atoms with Crippen LogP contribution in [0.5, 0.6) is 0 Å². The first-order valence-corrected chi connectivity index (χ1v) is 15.7. The third-order valence-corrected chi connectivity index (χ3v) is 8.86. The van der Waals surface area contributed by atoms with Crippen LogP contribution in [0.2, 0.25) is 0 Å². The Balaban J connectivity index is 1.14. The number of anilines is 1. The second-order valence-electron chi connectivity index (χ2n) is 12.2. The number of nitrogens with one attached hydrogen (secondary N) is 2. The second kappa shape index (κ2) is 12.8. The largest absolute Gasteiger partial charge is 0.346 e. The first-order chi connectivity index (χ1) is 22.8. The molecule has 7 rings (SSSR count). The molecule has 4 heterocycles. The molecule has 1 aliphatic heterocycles. The van der Waals surface area contributed by atoms with E-state index in [1.54, 1.807) is 25.3 Å². The number of rotatable bonds is 7. The Hall–Kier alpha value is -5.38. The SMILES string of the molecule is Cc1ccn(-c2ccc(F)cc2)c(=O)c1C(=O)Nc1cccc(-c2c[nH]c3ncc(-c4cccc(CN5CCN(C)CC5)c4)cc23)c1. The van der Waals surface area contributed by atoms with E-state index in [0.717, 1.165) is 66.0 Å². The van der Waals surface area contributed by atoms with Gasteiger partial charge in [0.15, 0.2) is 0 Å². The first-order valence-electron chi connectivity index (χ1n) is 15.7. The van der Waals surface area contributed by atoms with Crippen molar-refractivity contribution < 1.29 is 9.18 Å². The zero-order valence-corrected chi connectivity index (χ0v) is 26.3. The molecule has 0 unspecified atom stereocenters. The molecule has 0 saturated carbocycles. The van der Waals surface area contributed by atoms with Crippen LogP contribution in [0.4, 0.5) is 10.1 Å². The minimum absolute atomic E-state index is 0.0259. The molecule has 3 aromatic heterocycles. The maximum atomic E-state index is 13.5. The highest BCUT2D eigenvalue weighted by Gasteiger charge is 2.18. The van der Waals surface area contributed by atoms with Crippen molar-refractivity contribution in [3.63, 3.8) is 0 Å². The summed E-state index contributed by atoms with van der Waals surface area (Å²) in [6, 6.07) is 25.6. The number of carbonyl (C=O) groups excluding carboxylic acids is 1. The summed E-state index contributed by atoms with van der Waals surface area (Å²) in [5.41, 5.74) is 7.16. The highest BCUT2D eigenvalue weighted by molar-refractivity contribution is 6.05. The van der Waals surface area contributed by atoms with Gasteiger partial charge in [-0.2, -0.15) is 0 Å². The topological polar surface area (TPSA) is 86.3 Å². The lowest BCUT2D eigenvalue weighted by Gasteiger charge is -2.32. The molecular formula is C38H35FN6O2. The maximum absolute atomic E-state index is 13.5. The summed E-state index contributed by atoms with van der Waals surface area (Å²) in [5.74, 6) is -0.916. The van der Waals surface area contributed by atoms with E-state index >= 15 is 0 Å². The number of hydrogen-bond donors (Lipinski definition) is 2. The van der Waals surface area contributed by atoms with Gasteiger partial charge in [-0.05, 0) is 90.8 Å². The Bertz CT molecular complexity index is 2140. The molecule has 1 aliphatic rings. The van der Waals surface area contributed by atoms with Gasteiger partial charge in [-0.15, -0.1) is 0 Å². The summed E-state index contributed by atoms with van der Waals surface area (Å²) in [6.45, 7) is 6.96. The van der Waals surface area contributed by atoms with Crippen LogP contribution in [0.1, 0.15) is 21.5 Å². The van der Waals surface area contributed by atoms with Crippen molar-refractivity contribution in [1.29, 1.82) is 0 Å². The highest BCUT2D eigenvalue weighted by atomic mass is 19.1. The molecule has 8 nitrogen and oxygen atoms in total. The number of halogens is 1. The molecule has 3 aromatic carbocycles. The van der Waals surface area contributed by atoms with Gasteiger partial charge in [-0.25, -0.2) is 9.37 Å². The van der Waals surface area contributed by atoms with Crippen LogP contribution in [0, 0.1) is 12.7 Å². The molecule has 0 bridgehead atoms. The van der Waals surface area contributed by atoms with Crippen LogP contribution >= 0.6 is 0 Å². The smallest absolute Gasteiger partial charge is 0.268 e. The van der Waals surface area contributed by atoms with Crippen molar-refractivity contribution in [1.82, 2.24) is 24.3 Å². The van der Waals surface area contributed by atoms with Crippen LogP contribution in [-0.4, -0.2) is 63.5 Å². The van der Waals surface area contributed by atoms with Crippen molar-refractivity contribution in [2.24, 2.45) is 0 Å². The van der Waals surface area contributed by atoms with Gasteiger partial charge in [0.2, 0.25) is 0 Å². The van der Waals surface area contributed by atoms with Crippen LogP contribution in [0.15, 0.2) is 108 Å². The van der Waals surface area contributed by atoms with E-state index < -0.39 is 17.3 Å². The van der Waals surface area contributed by atoms with E-state index in [2.05, 4.69) is 57.5 Å². The van der Waals surface area contributed by atoms with Gasteiger partial charge < -0.3 is 15.2 Å². The fourth-order valence-corrected chi connectivity index (χ4v) is 6.18. The molecule has 6 aromatic rings. The molecule has 236 valence electrons. The van der Waals surface area contributed by atoms with Crippen molar-refractivity contribution in [2.75, 3.05) is 38.5 Å². The van der Waals surface area contributed by atoms with E-state index in [1.807, 2.05) is 30.6 Å². The number of fused-ring (bicyclic) bond motifs is 1. The quantitative estimate of drug-likeness (QED) is 0.212. The molecule has 1 fully saturated rings. The average molecular weight is 627 g/mol. The lowest BCUT2D eigenvalue weighted by atomic mass is 10.0. The third kappa shape index (κ3) is 6.36. The Morgan fingerprint density at radius 1 is 0.915 bits per heavy atom. The predicted molar refractivity (Wildman–Crippen MR) is 184 cm³/mol. The van der Waals surface area contributed by atoms with E-state index in [4.69, 9.17) is 4.98 Å². The third-order valence-electron chi connectivity index (χ3n) is 8.86. The number of aromatic nitrogens is 3. The maximum Gasteiger partial charge on any atom is 0.268 e. The Morgan fingerprint density at radius 2 is 1.68 bits per heavy atom. The second-order valence-corrected chi connectivity index (χ2v) is 12.2. The Labute approximate surface area is 272 Å². The Morgan fingerprint density at radius 3 is 2.49 bits per heavy atom. The lowest BCUT2D eigenvalue weighted by Crippen LogP contribution is -2.43. The van der Waals surface area contributed by atoms with Crippen LogP contribution in [0.25, 0.3) is 39.0 Å². The number of carbonyl (C=O) groups is 1. The van der Waals surface area contributed by atoms with Gasteiger partial charge in [-0.1, -0.05) is 30.3 Å². The van der Waals surface area contributed by atoms with Gasteiger partial charge in [0.1, 0.15) is 17.0 Å². The number of aromatic amines is 1. The van der Waals surface area contributed by atoms with E-state index in [-0.39, 0.29) is 5.56 Å². The van der Waals surface area contributed by atoms with E-state index in [9.17, 15) is 14.0 Å². The predicted octanol–water partition coefficient (Wildman–Crippen LogP) is 6.50. The molecule has 47 heavy (non-hydrogen) atoms. The fraction of sp³-hybridized carbons (Fsp3) is 0.184. The van der Waals surface area contributed by atoms with Crippen LogP contribution < -0.4 is 10.9 Å². The number of nitrogens with zero attached hydrogens (tertiary/aromatic N) is 4. The monoisotopic (exact) mass is 626 g/mol. The summed E-state index contributed by atoms with van der Waals surface area (Å²) < 4.78 is 14.8. The molecular weight excluding hydrogens is 591 g/mol. The van der Waals surface area contributed by atoms with Gasteiger partial charge in [0, 0.05) is 79.2 Å². The van der Waals surface area contributed by atoms with E-state index in [0.29, 0.717) is 16.9 Å². The molecule has 9 heteroatoms. The Kier molecular flexibility index (Phi) is 8.24. The minimum Gasteiger partial charge on any atom is -0.346 e.